The third-order valence-corrected chi connectivity index (χ3v) is 6.93. The number of ether oxygens (including phenoxy) is 2. The number of aryl methyl sites for hydroxylation is 2. The van der Waals surface area contributed by atoms with Crippen LogP contribution >= 0.6 is 11.3 Å². The zero-order valence-electron chi connectivity index (χ0n) is 21.5. The van der Waals surface area contributed by atoms with Gasteiger partial charge in [0.25, 0.3) is 0 Å². The minimum absolute atomic E-state index is 0.0417. The van der Waals surface area contributed by atoms with Crippen LogP contribution in [-0.2, 0) is 11.2 Å². The Hall–Kier alpha value is -1.74. The van der Waals surface area contributed by atoms with E-state index in [0.717, 1.165) is 72.7 Å². The number of nitrogens with zero attached hydrogens (tertiary/aromatic N) is 3. The fourth-order valence-corrected chi connectivity index (χ4v) is 4.75. The van der Waals surface area contributed by atoms with Gasteiger partial charge >= 0.3 is 0 Å². The lowest BCUT2D eigenvalue weighted by atomic mass is 10.1. The molecule has 0 unspecified atom stereocenters. The van der Waals surface area contributed by atoms with E-state index in [4.69, 9.17) is 20.2 Å². The molecule has 2 N–H and O–H groups in total. The van der Waals surface area contributed by atoms with Crippen molar-refractivity contribution >= 4 is 33.5 Å². The van der Waals surface area contributed by atoms with Crippen molar-refractivity contribution < 1.29 is 14.3 Å². The summed E-state index contributed by atoms with van der Waals surface area (Å²) in [7, 11) is 3.91. The standard InChI is InChI=1S/C20H30N4O2S.C5H12O/c1-4-15-19(14(2)17-18(21)16(13-25)27-20(17)22-15)26-12-11-24-9-5-7-23(3)8-6-10-24;1-5(2,3)6-4/h13H,4-12,21H2,1-3H3;1-4H3. The molecule has 0 aromatic carbocycles. The Bertz CT molecular complexity index is 897. The number of hydrogen-bond acceptors (Lipinski definition) is 8. The number of hydrogen-bond donors (Lipinski definition) is 1. The van der Waals surface area contributed by atoms with Crippen molar-refractivity contribution in [1.29, 1.82) is 0 Å². The predicted octanol–water partition coefficient (Wildman–Crippen LogP) is 4.40. The second kappa shape index (κ2) is 12.6. The molecule has 1 aliphatic rings. The van der Waals surface area contributed by atoms with E-state index >= 15 is 0 Å². The molecule has 186 valence electrons. The molecular formula is C25H42N4O3S. The van der Waals surface area contributed by atoms with Gasteiger partial charge in [-0.05, 0) is 80.2 Å². The van der Waals surface area contributed by atoms with Gasteiger partial charge in [0.05, 0.1) is 21.9 Å². The number of thiophene rings is 1. The van der Waals surface area contributed by atoms with E-state index in [-0.39, 0.29) is 5.60 Å². The van der Waals surface area contributed by atoms with Gasteiger partial charge in [-0.25, -0.2) is 4.98 Å². The van der Waals surface area contributed by atoms with Crippen LogP contribution in [0.25, 0.3) is 10.2 Å². The van der Waals surface area contributed by atoms with Crippen LogP contribution in [0.15, 0.2) is 0 Å². The third kappa shape index (κ3) is 7.91. The van der Waals surface area contributed by atoms with Crippen molar-refractivity contribution in [3.05, 3.63) is 16.1 Å². The number of carbonyl (C=O) groups excluding carboxylic acids is 1. The molecular weight excluding hydrogens is 436 g/mol. The van der Waals surface area contributed by atoms with Crippen molar-refractivity contribution in [1.82, 2.24) is 14.8 Å². The van der Waals surface area contributed by atoms with Crippen LogP contribution < -0.4 is 10.5 Å². The number of pyridine rings is 1. The van der Waals surface area contributed by atoms with Crippen LogP contribution in [0, 0.1) is 6.92 Å². The molecule has 1 fully saturated rings. The third-order valence-electron chi connectivity index (χ3n) is 5.91. The summed E-state index contributed by atoms with van der Waals surface area (Å²) in [5.74, 6) is 0.832. The zero-order chi connectivity index (χ0) is 24.6. The highest BCUT2D eigenvalue weighted by Gasteiger charge is 2.19. The number of nitrogen functional groups attached to an aromatic ring is 1. The lowest BCUT2D eigenvalue weighted by molar-refractivity contribution is 0.0397. The molecule has 0 saturated carbocycles. The Balaban J connectivity index is 0.000000569. The average molecular weight is 479 g/mol. The van der Waals surface area contributed by atoms with Crippen molar-refractivity contribution in [2.24, 2.45) is 0 Å². The number of anilines is 1. The first-order chi connectivity index (χ1) is 15.6. The molecule has 2 aromatic heterocycles. The lowest BCUT2D eigenvalue weighted by Gasteiger charge is -2.28. The molecule has 0 atom stereocenters. The van der Waals surface area contributed by atoms with Gasteiger partial charge < -0.3 is 20.1 Å². The first-order valence-electron chi connectivity index (χ1n) is 11.9. The number of rotatable bonds is 6. The van der Waals surface area contributed by atoms with Crippen molar-refractivity contribution in [2.75, 3.05) is 59.2 Å². The summed E-state index contributed by atoms with van der Waals surface area (Å²) < 4.78 is 11.1. The quantitative estimate of drug-likeness (QED) is 0.616. The second-order valence-corrected chi connectivity index (χ2v) is 10.6. The molecule has 0 spiro atoms. The summed E-state index contributed by atoms with van der Waals surface area (Å²) in [6.45, 7) is 16.3. The molecule has 3 rings (SSSR count). The highest BCUT2D eigenvalue weighted by molar-refractivity contribution is 7.20. The van der Waals surface area contributed by atoms with Gasteiger partial charge in [-0.3, -0.25) is 9.69 Å². The Labute approximate surface area is 203 Å². The van der Waals surface area contributed by atoms with E-state index in [1.165, 1.54) is 24.2 Å². The van der Waals surface area contributed by atoms with Crippen LogP contribution in [-0.4, -0.2) is 80.2 Å². The van der Waals surface area contributed by atoms with E-state index in [2.05, 4.69) is 23.8 Å². The maximum Gasteiger partial charge on any atom is 0.162 e. The van der Waals surface area contributed by atoms with Gasteiger partial charge in [0, 0.05) is 24.6 Å². The Morgan fingerprint density at radius 2 is 1.79 bits per heavy atom. The number of aromatic nitrogens is 1. The topological polar surface area (TPSA) is 80.9 Å². The SMILES string of the molecule is CCc1nc2sc(C=O)c(N)c2c(C)c1OCCN1CCCN(C)CCC1.COC(C)(C)C. The van der Waals surface area contributed by atoms with E-state index in [1.54, 1.807) is 7.11 Å². The zero-order valence-corrected chi connectivity index (χ0v) is 22.3. The van der Waals surface area contributed by atoms with Gasteiger partial charge in [-0.2, -0.15) is 0 Å². The molecule has 1 saturated heterocycles. The summed E-state index contributed by atoms with van der Waals surface area (Å²) in [6, 6.07) is 0. The van der Waals surface area contributed by atoms with Gasteiger partial charge in [0.2, 0.25) is 0 Å². The summed E-state index contributed by atoms with van der Waals surface area (Å²) in [5.41, 5.74) is 8.67. The van der Waals surface area contributed by atoms with Crippen LogP contribution in [0.2, 0.25) is 0 Å². The largest absolute Gasteiger partial charge is 0.490 e. The summed E-state index contributed by atoms with van der Waals surface area (Å²) in [5, 5.41) is 0.864. The summed E-state index contributed by atoms with van der Waals surface area (Å²) in [6.07, 6.45) is 4.00. The highest BCUT2D eigenvalue weighted by Crippen LogP contribution is 2.39. The molecule has 7 nitrogen and oxygen atoms in total. The number of aldehydes is 1. The normalized spacial score (nSPS) is 16.1. The van der Waals surface area contributed by atoms with Crippen molar-refractivity contribution in [2.45, 2.75) is 59.5 Å². The molecule has 2 aromatic rings. The minimum Gasteiger partial charge on any atom is -0.490 e. The molecule has 33 heavy (non-hydrogen) atoms. The number of methoxy groups -OCH3 is 1. The minimum atomic E-state index is 0.0417. The summed E-state index contributed by atoms with van der Waals surface area (Å²) in [4.78, 5) is 22.2. The maximum absolute atomic E-state index is 11.2. The first kappa shape index (κ1) is 27.5. The Kier molecular flexibility index (Phi) is 10.5. The lowest BCUT2D eigenvalue weighted by Crippen LogP contribution is -2.37. The van der Waals surface area contributed by atoms with Crippen molar-refractivity contribution in [3.8, 4) is 5.75 Å². The fraction of sp³-hybridized carbons (Fsp3) is 0.680. The second-order valence-electron chi connectivity index (χ2n) is 9.56. The molecule has 0 aliphatic carbocycles. The molecule has 0 bridgehead atoms. The number of nitrogens with two attached hydrogens (primary N) is 1. The molecule has 1 aliphatic heterocycles. The van der Waals surface area contributed by atoms with Crippen LogP contribution in [0.5, 0.6) is 5.75 Å². The Morgan fingerprint density at radius 1 is 1.18 bits per heavy atom. The van der Waals surface area contributed by atoms with Gasteiger partial charge in [0.1, 0.15) is 17.2 Å². The smallest absolute Gasteiger partial charge is 0.162 e. The maximum atomic E-state index is 11.2. The van der Waals surface area contributed by atoms with Crippen LogP contribution in [0.1, 0.15) is 61.5 Å². The van der Waals surface area contributed by atoms with Gasteiger partial charge in [-0.1, -0.05) is 6.92 Å². The van der Waals surface area contributed by atoms with E-state index in [1.807, 2.05) is 27.7 Å². The van der Waals surface area contributed by atoms with Gasteiger partial charge in [0.15, 0.2) is 6.29 Å². The molecule has 8 heteroatoms. The fourth-order valence-electron chi connectivity index (χ4n) is 3.76. The average Bonchev–Trinajstić information content (AvgIpc) is 3.08. The Morgan fingerprint density at radius 3 is 2.30 bits per heavy atom. The molecule has 0 amide bonds. The molecule has 3 heterocycles. The monoisotopic (exact) mass is 478 g/mol. The highest BCUT2D eigenvalue weighted by atomic mass is 32.1. The van der Waals surface area contributed by atoms with Crippen molar-refractivity contribution in [3.63, 3.8) is 0 Å². The van der Waals surface area contributed by atoms with E-state index < -0.39 is 0 Å². The van der Waals surface area contributed by atoms with Crippen LogP contribution in [0.3, 0.4) is 0 Å². The molecule has 0 radical (unpaired) electrons. The predicted molar refractivity (Wildman–Crippen MR) is 139 cm³/mol. The van der Waals surface area contributed by atoms with E-state index in [9.17, 15) is 4.79 Å². The van der Waals surface area contributed by atoms with E-state index in [0.29, 0.717) is 17.2 Å². The number of carbonyl (C=O) groups is 1. The number of fused-ring (bicyclic) bond motifs is 1. The van der Waals surface area contributed by atoms with Gasteiger partial charge in [-0.15, -0.1) is 11.3 Å². The first-order valence-corrected chi connectivity index (χ1v) is 12.7. The summed E-state index contributed by atoms with van der Waals surface area (Å²) >= 11 is 1.36. The van der Waals surface area contributed by atoms with Crippen LogP contribution in [0.4, 0.5) is 5.69 Å².